The third-order valence-electron chi connectivity index (χ3n) is 6.29. The van der Waals surface area contributed by atoms with Gasteiger partial charge in [-0.25, -0.2) is 14.8 Å². The van der Waals surface area contributed by atoms with Gasteiger partial charge in [0, 0.05) is 61.2 Å². The second-order valence-electron chi connectivity index (χ2n) is 8.38. The van der Waals surface area contributed by atoms with Crippen molar-refractivity contribution in [3.63, 3.8) is 0 Å². The monoisotopic (exact) mass is 512 g/mol. The van der Waals surface area contributed by atoms with Crippen molar-refractivity contribution in [1.29, 1.82) is 0 Å². The zero-order chi connectivity index (χ0) is 24.7. The molecule has 5 rings (SSSR count). The fourth-order valence-electron chi connectivity index (χ4n) is 4.30. The Morgan fingerprint density at radius 1 is 1.00 bits per heavy atom. The highest BCUT2D eigenvalue weighted by atomic mass is 35.5. The number of hydrogen-bond donors (Lipinski definition) is 1. The zero-order valence-electron chi connectivity index (χ0n) is 18.9. The number of aromatic nitrogens is 4. The van der Waals surface area contributed by atoms with E-state index in [2.05, 4.69) is 9.97 Å². The maximum absolute atomic E-state index is 12.8. The summed E-state index contributed by atoms with van der Waals surface area (Å²) in [4.78, 5) is 36.3. The SMILES string of the molecule is Cn1c(=O)c2ccc(-c3cnc(N4CCN(C(=O)O)CC4)nc3)cc2n1Cc1cc(Cl)ccc1Cl. The predicted molar refractivity (Wildman–Crippen MR) is 136 cm³/mol. The number of anilines is 1. The van der Waals surface area contributed by atoms with Crippen LogP contribution in [0.1, 0.15) is 5.56 Å². The molecule has 0 unspecified atom stereocenters. The maximum Gasteiger partial charge on any atom is 0.407 e. The van der Waals surface area contributed by atoms with Crippen molar-refractivity contribution < 1.29 is 9.90 Å². The summed E-state index contributed by atoms with van der Waals surface area (Å²) >= 11 is 12.5. The molecule has 1 amide bonds. The van der Waals surface area contributed by atoms with Gasteiger partial charge in [-0.15, -0.1) is 0 Å². The van der Waals surface area contributed by atoms with E-state index < -0.39 is 6.09 Å². The average molecular weight is 513 g/mol. The average Bonchev–Trinajstić information content (AvgIpc) is 3.10. The van der Waals surface area contributed by atoms with Gasteiger partial charge in [0.05, 0.1) is 17.4 Å². The van der Waals surface area contributed by atoms with Gasteiger partial charge in [-0.3, -0.25) is 14.2 Å². The van der Waals surface area contributed by atoms with Gasteiger partial charge in [0.25, 0.3) is 5.56 Å². The molecule has 0 saturated carbocycles. The van der Waals surface area contributed by atoms with Gasteiger partial charge in [0.2, 0.25) is 5.95 Å². The summed E-state index contributed by atoms with van der Waals surface area (Å²) in [7, 11) is 1.72. The van der Waals surface area contributed by atoms with Crippen LogP contribution in [0.4, 0.5) is 10.7 Å². The first-order valence-corrected chi connectivity index (χ1v) is 11.8. The van der Waals surface area contributed by atoms with Crippen LogP contribution in [0.3, 0.4) is 0 Å². The Morgan fingerprint density at radius 3 is 2.40 bits per heavy atom. The van der Waals surface area contributed by atoms with Crippen LogP contribution in [0.5, 0.6) is 0 Å². The van der Waals surface area contributed by atoms with E-state index in [4.69, 9.17) is 28.3 Å². The van der Waals surface area contributed by atoms with Gasteiger partial charge in [0.1, 0.15) is 0 Å². The number of piperazine rings is 1. The van der Waals surface area contributed by atoms with Crippen molar-refractivity contribution in [2.75, 3.05) is 31.1 Å². The van der Waals surface area contributed by atoms with E-state index in [1.54, 1.807) is 42.3 Å². The topological polar surface area (TPSA) is 96.5 Å². The second kappa shape index (κ2) is 9.24. The molecule has 1 aliphatic heterocycles. The Kier molecular flexibility index (Phi) is 6.12. The highest BCUT2D eigenvalue weighted by Gasteiger charge is 2.22. The van der Waals surface area contributed by atoms with Crippen LogP contribution in [0.25, 0.3) is 22.0 Å². The zero-order valence-corrected chi connectivity index (χ0v) is 20.4. The standard InChI is InChI=1S/C24H22Cl2N6O3/c1-29-22(33)19-4-2-15(11-21(19)32(29)14-16-10-18(25)3-5-20(16)26)17-12-27-23(28-13-17)30-6-8-31(9-7-30)24(34)35/h2-5,10-13H,6-9,14H2,1H3,(H,34,35). The molecule has 2 aromatic carbocycles. The van der Waals surface area contributed by atoms with Crippen LogP contribution < -0.4 is 10.5 Å². The summed E-state index contributed by atoms with van der Waals surface area (Å²) in [6.45, 7) is 2.30. The number of carbonyl (C=O) groups is 1. The van der Waals surface area contributed by atoms with E-state index in [1.807, 2.05) is 27.8 Å². The number of benzene rings is 2. The maximum atomic E-state index is 12.8. The first-order chi connectivity index (χ1) is 16.8. The summed E-state index contributed by atoms with van der Waals surface area (Å²) in [5.41, 5.74) is 3.16. The number of fused-ring (bicyclic) bond motifs is 1. The fraction of sp³-hybridized carbons (Fsp3) is 0.250. The number of nitrogens with zero attached hydrogens (tertiary/aromatic N) is 6. The number of rotatable bonds is 4. The predicted octanol–water partition coefficient (Wildman–Crippen LogP) is 3.95. The molecule has 0 aliphatic carbocycles. The molecular weight excluding hydrogens is 491 g/mol. The molecule has 180 valence electrons. The minimum atomic E-state index is -0.909. The smallest absolute Gasteiger partial charge is 0.407 e. The molecule has 1 N–H and O–H groups in total. The Labute approximate surface area is 210 Å². The van der Waals surface area contributed by atoms with Gasteiger partial charge in [-0.1, -0.05) is 29.3 Å². The van der Waals surface area contributed by atoms with Gasteiger partial charge in [-0.05, 0) is 41.5 Å². The molecule has 1 aliphatic rings. The summed E-state index contributed by atoms with van der Waals surface area (Å²) in [6.07, 6.45) is 2.58. The second-order valence-corrected chi connectivity index (χ2v) is 9.23. The van der Waals surface area contributed by atoms with Gasteiger partial charge >= 0.3 is 6.09 Å². The molecule has 11 heteroatoms. The lowest BCUT2D eigenvalue weighted by molar-refractivity contribution is 0.142. The van der Waals surface area contributed by atoms with Crippen LogP contribution in [-0.2, 0) is 13.6 Å². The Bertz CT molecular complexity index is 1470. The lowest BCUT2D eigenvalue weighted by atomic mass is 10.1. The molecule has 9 nitrogen and oxygen atoms in total. The third kappa shape index (κ3) is 4.44. The Balaban J connectivity index is 1.44. The van der Waals surface area contributed by atoms with E-state index in [9.17, 15) is 9.59 Å². The van der Waals surface area contributed by atoms with E-state index in [0.29, 0.717) is 54.1 Å². The van der Waals surface area contributed by atoms with Crippen molar-refractivity contribution in [1.82, 2.24) is 24.2 Å². The van der Waals surface area contributed by atoms with Crippen molar-refractivity contribution >= 4 is 46.1 Å². The lowest BCUT2D eigenvalue weighted by Crippen LogP contribution is -2.48. The van der Waals surface area contributed by atoms with Gasteiger partial charge < -0.3 is 14.9 Å². The van der Waals surface area contributed by atoms with Gasteiger partial charge in [-0.2, -0.15) is 0 Å². The number of carboxylic acid groups (broad SMARTS) is 1. The van der Waals surface area contributed by atoms with Crippen LogP contribution in [-0.4, -0.2) is 61.6 Å². The molecule has 1 saturated heterocycles. The highest BCUT2D eigenvalue weighted by molar-refractivity contribution is 6.33. The van der Waals surface area contributed by atoms with Crippen LogP contribution in [0, 0.1) is 0 Å². The minimum Gasteiger partial charge on any atom is -0.465 e. The van der Waals surface area contributed by atoms with Crippen molar-refractivity contribution in [3.05, 3.63) is 74.8 Å². The molecule has 0 radical (unpaired) electrons. The quantitative estimate of drug-likeness (QED) is 0.444. The van der Waals surface area contributed by atoms with Crippen molar-refractivity contribution in [2.24, 2.45) is 7.05 Å². The largest absolute Gasteiger partial charge is 0.465 e. The summed E-state index contributed by atoms with van der Waals surface area (Å²) in [5.74, 6) is 0.562. The summed E-state index contributed by atoms with van der Waals surface area (Å²) in [6, 6.07) is 10.9. The number of halogens is 2. The summed E-state index contributed by atoms with van der Waals surface area (Å²) < 4.78 is 3.44. The van der Waals surface area contributed by atoms with E-state index in [-0.39, 0.29) is 5.56 Å². The van der Waals surface area contributed by atoms with Crippen LogP contribution >= 0.6 is 23.2 Å². The van der Waals surface area contributed by atoms with E-state index in [0.717, 1.165) is 22.2 Å². The first-order valence-electron chi connectivity index (χ1n) is 11.0. The van der Waals surface area contributed by atoms with Crippen LogP contribution in [0.2, 0.25) is 10.0 Å². The van der Waals surface area contributed by atoms with Crippen molar-refractivity contribution in [3.8, 4) is 11.1 Å². The molecule has 35 heavy (non-hydrogen) atoms. The molecule has 0 atom stereocenters. The van der Waals surface area contributed by atoms with E-state index in [1.165, 1.54) is 4.90 Å². The third-order valence-corrected chi connectivity index (χ3v) is 6.90. The normalized spacial score (nSPS) is 14.0. The van der Waals surface area contributed by atoms with Gasteiger partial charge in [0.15, 0.2) is 0 Å². The van der Waals surface area contributed by atoms with Crippen molar-refractivity contribution in [2.45, 2.75) is 6.54 Å². The lowest BCUT2D eigenvalue weighted by Gasteiger charge is -2.33. The first kappa shape index (κ1) is 23.2. The Hall–Kier alpha value is -3.56. The molecular formula is C24H22Cl2N6O3. The minimum absolute atomic E-state index is 0.100. The molecule has 4 aromatic rings. The molecule has 0 bridgehead atoms. The highest BCUT2D eigenvalue weighted by Crippen LogP contribution is 2.26. The van der Waals surface area contributed by atoms with E-state index >= 15 is 0 Å². The Morgan fingerprint density at radius 2 is 1.71 bits per heavy atom. The number of amides is 1. The fourth-order valence-corrected chi connectivity index (χ4v) is 4.67. The molecule has 0 spiro atoms. The molecule has 2 aromatic heterocycles. The number of hydrogen-bond acceptors (Lipinski definition) is 5. The molecule has 1 fully saturated rings. The molecule has 3 heterocycles. The summed E-state index contributed by atoms with van der Waals surface area (Å²) in [5, 5.41) is 10.9. The van der Waals surface area contributed by atoms with Crippen LogP contribution in [0.15, 0.2) is 53.6 Å².